The summed E-state index contributed by atoms with van der Waals surface area (Å²) in [6, 6.07) is 8.71. The van der Waals surface area contributed by atoms with Crippen LogP contribution in [0, 0.1) is 13.8 Å². The molecule has 0 atom stereocenters. The van der Waals surface area contributed by atoms with E-state index in [1.165, 1.54) is 0 Å². The van der Waals surface area contributed by atoms with Gasteiger partial charge in [0.1, 0.15) is 0 Å². The van der Waals surface area contributed by atoms with E-state index in [0.717, 1.165) is 40.6 Å². The second-order valence-electron chi connectivity index (χ2n) is 6.37. The molecule has 0 radical (unpaired) electrons. The lowest BCUT2D eigenvalue weighted by Crippen LogP contribution is -2.38. The summed E-state index contributed by atoms with van der Waals surface area (Å²) in [5.74, 6) is 0.147. The van der Waals surface area contributed by atoms with E-state index in [2.05, 4.69) is 31.8 Å². The molecule has 2 aromatic rings. The van der Waals surface area contributed by atoms with Gasteiger partial charge in [-0.25, -0.2) is 0 Å². The molecule has 3 heteroatoms. The summed E-state index contributed by atoms with van der Waals surface area (Å²) in [6.07, 6.45) is 2.26. The van der Waals surface area contributed by atoms with Crippen molar-refractivity contribution >= 4 is 16.8 Å². The number of fused-ring (bicyclic) bond motifs is 1. The summed E-state index contributed by atoms with van der Waals surface area (Å²) in [7, 11) is 0. The van der Waals surface area contributed by atoms with Crippen LogP contribution in [0.4, 0.5) is 0 Å². The number of amides is 1. The van der Waals surface area contributed by atoms with Crippen LogP contribution in [0.5, 0.6) is 0 Å². The second kappa shape index (κ2) is 5.14. The number of aryl methyl sites for hydroxylation is 2. The number of hydrogen-bond donors (Lipinski definition) is 0. The Labute approximate surface area is 126 Å². The van der Waals surface area contributed by atoms with Gasteiger partial charge in [-0.3, -0.25) is 9.78 Å². The first-order chi connectivity index (χ1) is 9.97. The van der Waals surface area contributed by atoms with E-state index in [9.17, 15) is 4.79 Å². The smallest absolute Gasteiger partial charge is 0.255 e. The standard InChI is InChI=1S/C18H22N2O/c1-11(2)20(14-6-7-14)18(21)16-10-13(4)19-17-8-5-12(3)9-15(16)17/h5,8-11,14H,6-7H2,1-4H3. The van der Waals surface area contributed by atoms with Crippen molar-refractivity contribution in [2.24, 2.45) is 0 Å². The molecule has 0 bridgehead atoms. The minimum atomic E-state index is 0.147. The summed E-state index contributed by atoms with van der Waals surface area (Å²) < 4.78 is 0. The molecule has 3 nitrogen and oxygen atoms in total. The quantitative estimate of drug-likeness (QED) is 0.856. The summed E-state index contributed by atoms with van der Waals surface area (Å²) in [4.78, 5) is 19.6. The number of nitrogens with zero attached hydrogens (tertiary/aromatic N) is 2. The molecule has 1 heterocycles. The molecule has 0 saturated heterocycles. The van der Waals surface area contributed by atoms with Gasteiger partial charge in [0, 0.05) is 23.2 Å². The fraction of sp³-hybridized carbons (Fsp3) is 0.444. The summed E-state index contributed by atoms with van der Waals surface area (Å²) in [5.41, 5.74) is 3.75. The van der Waals surface area contributed by atoms with Crippen molar-refractivity contribution in [1.82, 2.24) is 9.88 Å². The van der Waals surface area contributed by atoms with Crippen LogP contribution in [0.15, 0.2) is 24.3 Å². The van der Waals surface area contributed by atoms with Crippen molar-refractivity contribution in [1.29, 1.82) is 0 Å². The Hall–Kier alpha value is -1.90. The third-order valence-electron chi connectivity index (χ3n) is 4.05. The number of pyridine rings is 1. The zero-order chi connectivity index (χ0) is 15.1. The molecule has 1 amide bonds. The molecule has 0 spiro atoms. The SMILES string of the molecule is Cc1ccc2nc(C)cc(C(=O)N(C(C)C)C3CC3)c2c1. The van der Waals surface area contributed by atoms with Crippen molar-refractivity contribution in [3.05, 3.63) is 41.1 Å². The molecule has 1 fully saturated rings. The normalized spacial score (nSPS) is 14.7. The van der Waals surface area contributed by atoms with Crippen LogP contribution in [-0.4, -0.2) is 27.9 Å². The Bertz CT molecular complexity index is 700. The minimum absolute atomic E-state index is 0.147. The zero-order valence-electron chi connectivity index (χ0n) is 13.2. The van der Waals surface area contributed by atoms with E-state index in [1.807, 2.05) is 30.0 Å². The number of hydrogen-bond acceptors (Lipinski definition) is 2. The van der Waals surface area contributed by atoms with Gasteiger partial charge >= 0.3 is 0 Å². The van der Waals surface area contributed by atoms with E-state index in [1.54, 1.807) is 0 Å². The first-order valence-electron chi connectivity index (χ1n) is 7.68. The first kappa shape index (κ1) is 14.1. The maximum atomic E-state index is 13.0. The monoisotopic (exact) mass is 282 g/mol. The fourth-order valence-electron chi connectivity index (χ4n) is 2.96. The summed E-state index contributed by atoms with van der Waals surface area (Å²) >= 11 is 0. The Balaban J connectivity index is 2.14. The molecule has 1 aromatic heterocycles. The average Bonchev–Trinajstić information content (AvgIpc) is 3.22. The number of carbonyl (C=O) groups excluding carboxylic acids is 1. The van der Waals surface area contributed by atoms with Crippen LogP contribution >= 0.6 is 0 Å². The van der Waals surface area contributed by atoms with Gasteiger partial charge in [-0.15, -0.1) is 0 Å². The molecular formula is C18H22N2O. The molecule has 0 aliphatic heterocycles. The molecular weight excluding hydrogens is 260 g/mol. The van der Waals surface area contributed by atoms with Crippen LogP contribution in [-0.2, 0) is 0 Å². The van der Waals surface area contributed by atoms with Gasteiger partial charge in [-0.05, 0) is 58.7 Å². The zero-order valence-corrected chi connectivity index (χ0v) is 13.2. The van der Waals surface area contributed by atoms with Gasteiger partial charge in [-0.1, -0.05) is 11.6 Å². The van der Waals surface area contributed by atoms with Gasteiger partial charge in [0.05, 0.1) is 11.1 Å². The van der Waals surface area contributed by atoms with Gasteiger partial charge in [-0.2, -0.15) is 0 Å². The summed E-state index contributed by atoms with van der Waals surface area (Å²) in [6.45, 7) is 8.19. The van der Waals surface area contributed by atoms with Gasteiger partial charge in [0.15, 0.2) is 0 Å². The molecule has 1 aromatic carbocycles. The molecule has 0 unspecified atom stereocenters. The van der Waals surface area contributed by atoms with E-state index in [-0.39, 0.29) is 11.9 Å². The van der Waals surface area contributed by atoms with Crippen LogP contribution in [0.2, 0.25) is 0 Å². The lowest BCUT2D eigenvalue weighted by Gasteiger charge is -2.27. The largest absolute Gasteiger partial charge is 0.333 e. The maximum Gasteiger partial charge on any atom is 0.255 e. The Morgan fingerprint density at radius 3 is 2.57 bits per heavy atom. The van der Waals surface area contributed by atoms with Crippen LogP contribution < -0.4 is 0 Å². The van der Waals surface area contributed by atoms with Crippen molar-refractivity contribution in [3.63, 3.8) is 0 Å². The minimum Gasteiger partial charge on any atom is -0.333 e. The number of benzene rings is 1. The van der Waals surface area contributed by atoms with Crippen LogP contribution in [0.3, 0.4) is 0 Å². The second-order valence-corrected chi connectivity index (χ2v) is 6.37. The van der Waals surface area contributed by atoms with Crippen molar-refractivity contribution in [2.45, 2.75) is 52.6 Å². The molecule has 3 rings (SSSR count). The average molecular weight is 282 g/mol. The third kappa shape index (κ3) is 2.65. The highest BCUT2D eigenvalue weighted by Crippen LogP contribution is 2.31. The molecule has 21 heavy (non-hydrogen) atoms. The molecule has 1 aliphatic rings. The highest BCUT2D eigenvalue weighted by atomic mass is 16.2. The van der Waals surface area contributed by atoms with Gasteiger partial charge in [0.2, 0.25) is 0 Å². The first-order valence-corrected chi connectivity index (χ1v) is 7.68. The van der Waals surface area contributed by atoms with Crippen molar-refractivity contribution in [3.8, 4) is 0 Å². The highest BCUT2D eigenvalue weighted by Gasteiger charge is 2.35. The number of aromatic nitrogens is 1. The van der Waals surface area contributed by atoms with E-state index in [4.69, 9.17) is 0 Å². The Kier molecular flexibility index (Phi) is 3.44. The van der Waals surface area contributed by atoms with Crippen molar-refractivity contribution in [2.75, 3.05) is 0 Å². The van der Waals surface area contributed by atoms with E-state index < -0.39 is 0 Å². The molecule has 110 valence electrons. The lowest BCUT2D eigenvalue weighted by molar-refractivity contribution is 0.0692. The number of carbonyl (C=O) groups is 1. The topological polar surface area (TPSA) is 33.2 Å². The fourth-order valence-corrected chi connectivity index (χ4v) is 2.96. The predicted octanol–water partition coefficient (Wildman–Crippen LogP) is 3.86. The number of rotatable bonds is 3. The summed E-state index contributed by atoms with van der Waals surface area (Å²) in [5, 5.41) is 0.969. The molecule has 0 N–H and O–H groups in total. The van der Waals surface area contributed by atoms with Crippen LogP contribution in [0.1, 0.15) is 48.3 Å². The van der Waals surface area contributed by atoms with E-state index >= 15 is 0 Å². The van der Waals surface area contributed by atoms with Gasteiger partial charge < -0.3 is 4.90 Å². The van der Waals surface area contributed by atoms with Crippen LogP contribution in [0.25, 0.3) is 10.9 Å². The Morgan fingerprint density at radius 2 is 1.95 bits per heavy atom. The Morgan fingerprint density at radius 1 is 1.24 bits per heavy atom. The predicted molar refractivity (Wildman–Crippen MR) is 85.5 cm³/mol. The maximum absolute atomic E-state index is 13.0. The third-order valence-corrected chi connectivity index (χ3v) is 4.05. The lowest BCUT2D eigenvalue weighted by atomic mass is 10.0. The molecule has 1 saturated carbocycles. The highest BCUT2D eigenvalue weighted by molar-refractivity contribution is 6.06. The molecule has 1 aliphatic carbocycles. The van der Waals surface area contributed by atoms with Crippen molar-refractivity contribution < 1.29 is 4.79 Å². The van der Waals surface area contributed by atoms with E-state index in [0.29, 0.717) is 6.04 Å². The van der Waals surface area contributed by atoms with Gasteiger partial charge in [0.25, 0.3) is 5.91 Å².